The van der Waals surface area contributed by atoms with Crippen LogP contribution >= 0.6 is 0 Å². The Hall–Kier alpha value is -1.07. The molecule has 5 heteroatoms. The monoisotopic (exact) mass is 311 g/mol. The number of sulfone groups is 1. The lowest BCUT2D eigenvalue weighted by Gasteiger charge is -2.25. The predicted molar refractivity (Wildman–Crippen MR) is 85.5 cm³/mol. The van der Waals surface area contributed by atoms with E-state index >= 15 is 0 Å². The summed E-state index contributed by atoms with van der Waals surface area (Å²) in [6.45, 7) is 5.05. The van der Waals surface area contributed by atoms with Gasteiger partial charge in [-0.3, -0.25) is 0 Å². The maximum atomic E-state index is 11.4. The van der Waals surface area contributed by atoms with Crippen LogP contribution in [0.1, 0.15) is 36.9 Å². The molecule has 1 atom stereocenters. The molecule has 0 radical (unpaired) electrons. The van der Waals surface area contributed by atoms with Crippen LogP contribution in [0.25, 0.3) is 0 Å². The van der Waals surface area contributed by atoms with Gasteiger partial charge in [-0.25, -0.2) is 8.42 Å². The van der Waals surface area contributed by atoms with Gasteiger partial charge in [-0.05, 0) is 45.2 Å². The number of methoxy groups -OCH3 is 1. The molecule has 21 heavy (non-hydrogen) atoms. The minimum Gasteiger partial charge on any atom is -0.496 e. The topological polar surface area (TPSA) is 55.4 Å². The zero-order valence-corrected chi connectivity index (χ0v) is 13.9. The van der Waals surface area contributed by atoms with Gasteiger partial charge in [0.05, 0.1) is 18.6 Å². The van der Waals surface area contributed by atoms with Crippen molar-refractivity contribution in [1.29, 1.82) is 0 Å². The molecule has 0 amide bonds. The van der Waals surface area contributed by atoms with E-state index in [0.717, 1.165) is 30.7 Å². The van der Waals surface area contributed by atoms with Crippen molar-refractivity contribution in [3.63, 3.8) is 0 Å². The second kappa shape index (κ2) is 6.79. The smallest absolute Gasteiger partial charge is 0.150 e. The molecule has 118 valence electrons. The Morgan fingerprint density at radius 2 is 2.00 bits per heavy atom. The molecule has 0 aromatic heterocycles. The highest BCUT2D eigenvalue weighted by molar-refractivity contribution is 7.91. The molecule has 1 saturated heterocycles. The van der Waals surface area contributed by atoms with Crippen molar-refractivity contribution < 1.29 is 13.2 Å². The number of hydrogen-bond donors (Lipinski definition) is 1. The van der Waals surface area contributed by atoms with Gasteiger partial charge in [-0.15, -0.1) is 0 Å². The summed E-state index contributed by atoms with van der Waals surface area (Å²) >= 11 is 0. The van der Waals surface area contributed by atoms with Gasteiger partial charge >= 0.3 is 0 Å². The van der Waals surface area contributed by atoms with Crippen LogP contribution in [0.15, 0.2) is 18.2 Å². The molecule has 0 unspecified atom stereocenters. The second-order valence-corrected chi connectivity index (χ2v) is 8.27. The summed E-state index contributed by atoms with van der Waals surface area (Å²) in [4.78, 5) is 0. The van der Waals surface area contributed by atoms with Crippen LogP contribution in [0, 0.1) is 12.8 Å². The van der Waals surface area contributed by atoms with Gasteiger partial charge in [0.2, 0.25) is 0 Å². The Bertz CT molecular complexity index is 569. The van der Waals surface area contributed by atoms with Crippen LogP contribution in [-0.4, -0.2) is 33.6 Å². The Balaban J connectivity index is 1.93. The van der Waals surface area contributed by atoms with E-state index in [1.54, 1.807) is 7.11 Å². The first kappa shape index (κ1) is 16.3. The fourth-order valence-corrected chi connectivity index (χ4v) is 4.38. The first-order chi connectivity index (χ1) is 9.91. The molecule has 2 rings (SSSR count). The van der Waals surface area contributed by atoms with E-state index < -0.39 is 9.84 Å². The largest absolute Gasteiger partial charge is 0.496 e. The highest BCUT2D eigenvalue weighted by Gasteiger charge is 2.24. The molecule has 1 heterocycles. The fourth-order valence-electron chi connectivity index (χ4n) is 2.79. The molecule has 4 nitrogen and oxygen atoms in total. The summed E-state index contributed by atoms with van der Waals surface area (Å²) in [7, 11) is -1.08. The zero-order chi connectivity index (χ0) is 15.5. The van der Waals surface area contributed by atoms with Crippen molar-refractivity contribution in [3.8, 4) is 5.75 Å². The SMILES string of the molecule is COc1ccc(C)cc1[C@@H](C)NCC1CCS(=O)(=O)CC1. The van der Waals surface area contributed by atoms with Gasteiger partial charge in [-0.2, -0.15) is 0 Å². The van der Waals surface area contributed by atoms with Gasteiger partial charge in [-0.1, -0.05) is 17.7 Å². The van der Waals surface area contributed by atoms with Crippen molar-refractivity contribution >= 4 is 9.84 Å². The summed E-state index contributed by atoms with van der Waals surface area (Å²) in [5.74, 6) is 2.02. The average molecular weight is 311 g/mol. The van der Waals surface area contributed by atoms with E-state index in [4.69, 9.17) is 4.74 Å². The van der Waals surface area contributed by atoms with Crippen LogP contribution < -0.4 is 10.1 Å². The predicted octanol–water partition coefficient (Wildman–Crippen LogP) is 2.48. The molecule has 0 aliphatic carbocycles. The minimum atomic E-state index is -2.77. The lowest BCUT2D eigenvalue weighted by atomic mass is 10.0. The van der Waals surface area contributed by atoms with E-state index in [9.17, 15) is 8.42 Å². The van der Waals surface area contributed by atoms with Crippen LogP contribution in [0.2, 0.25) is 0 Å². The van der Waals surface area contributed by atoms with E-state index in [1.165, 1.54) is 5.56 Å². The van der Waals surface area contributed by atoms with Crippen molar-refractivity contribution in [3.05, 3.63) is 29.3 Å². The van der Waals surface area contributed by atoms with Crippen molar-refractivity contribution in [2.24, 2.45) is 5.92 Å². The van der Waals surface area contributed by atoms with E-state index in [0.29, 0.717) is 17.4 Å². The normalized spacial score (nSPS) is 20.1. The first-order valence-electron chi connectivity index (χ1n) is 7.49. The number of benzene rings is 1. The van der Waals surface area contributed by atoms with E-state index in [2.05, 4.69) is 25.2 Å². The van der Waals surface area contributed by atoms with Crippen LogP contribution in [0.3, 0.4) is 0 Å². The van der Waals surface area contributed by atoms with Gasteiger partial charge in [0.15, 0.2) is 0 Å². The Morgan fingerprint density at radius 3 is 2.62 bits per heavy atom. The average Bonchev–Trinajstić information content (AvgIpc) is 2.45. The van der Waals surface area contributed by atoms with Crippen molar-refractivity contribution in [2.45, 2.75) is 32.7 Å². The van der Waals surface area contributed by atoms with Crippen LogP contribution in [0.4, 0.5) is 0 Å². The third kappa shape index (κ3) is 4.45. The molecule has 1 aliphatic rings. The van der Waals surface area contributed by atoms with Gasteiger partial charge < -0.3 is 10.1 Å². The number of ether oxygens (including phenoxy) is 1. The quantitative estimate of drug-likeness (QED) is 0.907. The maximum Gasteiger partial charge on any atom is 0.150 e. The highest BCUT2D eigenvalue weighted by Crippen LogP contribution is 2.27. The first-order valence-corrected chi connectivity index (χ1v) is 9.32. The molecular formula is C16H25NO3S. The standard InChI is InChI=1S/C16H25NO3S/c1-12-4-5-16(20-3)15(10-12)13(2)17-11-14-6-8-21(18,19)9-7-14/h4-5,10,13-14,17H,6-9,11H2,1-3H3/t13-/m1/s1. The third-order valence-corrected chi connectivity index (χ3v) is 5.95. The molecule has 0 bridgehead atoms. The summed E-state index contributed by atoms with van der Waals surface area (Å²) < 4.78 is 28.3. The third-order valence-electron chi connectivity index (χ3n) is 4.24. The van der Waals surface area contributed by atoms with Crippen LogP contribution in [-0.2, 0) is 9.84 Å². The Labute approximate surface area is 127 Å². The molecule has 0 saturated carbocycles. The van der Waals surface area contributed by atoms with Gasteiger partial charge in [0, 0.05) is 11.6 Å². The highest BCUT2D eigenvalue weighted by atomic mass is 32.2. The summed E-state index contributed by atoms with van der Waals surface area (Å²) in [5.41, 5.74) is 2.36. The number of rotatable bonds is 5. The van der Waals surface area contributed by atoms with Gasteiger partial charge in [0.1, 0.15) is 15.6 Å². The molecule has 1 fully saturated rings. The lowest BCUT2D eigenvalue weighted by Crippen LogP contribution is -2.32. The van der Waals surface area contributed by atoms with Crippen LogP contribution in [0.5, 0.6) is 5.75 Å². The fraction of sp³-hybridized carbons (Fsp3) is 0.625. The number of hydrogen-bond acceptors (Lipinski definition) is 4. The summed E-state index contributed by atoms with van der Waals surface area (Å²) in [6.07, 6.45) is 1.54. The lowest BCUT2D eigenvalue weighted by molar-refractivity contribution is 0.385. The molecule has 1 aromatic carbocycles. The van der Waals surface area contributed by atoms with E-state index in [1.807, 2.05) is 12.1 Å². The zero-order valence-electron chi connectivity index (χ0n) is 13.1. The maximum absolute atomic E-state index is 11.4. The Kier molecular flexibility index (Phi) is 5.27. The van der Waals surface area contributed by atoms with Gasteiger partial charge in [0.25, 0.3) is 0 Å². The van der Waals surface area contributed by atoms with E-state index in [-0.39, 0.29) is 6.04 Å². The second-order valence-electron chi connectivity index (χ2n) is 5.97. The summed E-state index contributed by atoms with van der Waals surface area (Å²) in [5, 5.41) is 3.52. The molecule has 0 spiro atoms. The minimum absolute atomic E-state index is 0.193. The number of nitrogens with one attached hydrogen (secondary N) is 1. The summed E-state index contributed by atoms with van der Waals surface area (Å²) in [6, 6.07) is 6.37. The molecule has 1 aromatic rings. The molecule has 1 N–H and O–H groups in total. The van der Waals surface area contributed by atoms with Crippen molar-refractivity contribution in [2.75, 3.05) is 25.2 Å². The Morgan fingerprint density at radius 1 is 1.33 bits per heavy atom. The number of aryl methyl sites for hydroxylation is 1. The molecular weight excluding hydrogens is 286 g/mol. The van der Waals surface area contributed by atoms with Crippen molar-refractivity contribution in [1.82, 2.24) is 5.32 Å². The molecule has 1 aliphatic heterocycles.